The van der Waals surface area contributed by atoms with Crippen LogP contribution in [0, 0.1) is 5.82 Å². The molecular formula is C24H25ClFN7. The molecule has 1 fully saturated rings. The molecule has 0 bridgehead atoms. The monoisotopic (exact) mass is 465 g/mol. The Labute approximate surface area is 196 Å². The number of nitrogens with two attached hydrogens (primary N) is 1. The summed E-state index contributed by atoms with van der Waals surface area (Å²) in [6.07, 6.45) is 3.77. The van der Waals surface area contributed by atoms with E-state index in [-0.39, 0.29) is 5.82 Å². The van der Waals surface area contributed by atoms with E-state index >= 15 is 0 Å². The van der Waals surface area contributed by atoms with Gasteiger partial charge < -0.3 is 16.0 Å². The Kier molecular flexibility index (Phi) is 6.11. The van der Waals surface area contributed by atoms with Gasteiger partial charge in [0.25, 0.3) is 0 Å². The van der Waals surface area contributed by atoms with Crippen molar-refractivity contribution in [2.45, 2.75) is 19.3 Å². The maximum Gasteiger partial charge on any atom is 0.225 e. The number of hydrogen-bond donors (Lipinski definition) is 2. The first-order valence-corrected chi connectivity index (χ1v) is 11.5. The Morgan fingerprint density at radius 1 is 1.00 bits per heavy atom. The molecular weight excluding hydrogens is 441 g/mol. The molecule has 5 rings (SSSR count). The first kappa shape index (κ1) is 21.6. The van der Waals surface area contributed by atoms with Gasteiger partial charge >= 0.3 is 0 Å². The van der Waals surface area contributed by atoms with Gasteiger partial charge in [-0.25, -0.2) is 14.1 Å². The lowest BCUT2D eigenvalue weighted by Gasteiger charge is -2.26. The number of benzene rings is 2. The van der Waals surface area contributed by atoms with Crippen molar-refractivity contribution in [2.75, 3.05) is 37.2 Å². The van der Waals surface area contributed by atoms with Gasteiger partial charge in [0.05, 0.1) is 16.8 Å². The van der Waals surface area contributed by atoms with Gasteiger partial charge in [0.2, 0.25) is 5.95 Å². The van der Waals surface area contributed by atoms with Gasteiger partial charge in [-0.1, -0.05) is 30.2 Å². The van der Waals surface area contributed by atoms with Gasteiger partial charge in [0.1, 0.15) is 11.6 Å². The van der Waals surface area contributed by atoms with Gasteiger partial charge in [-0.05, 0) is 62.3 Å². The molecule has 1 aliphatic heterocycles. The first-order chi connectivity index (χ1) is 16.1. The van der Waals surface area contributed by atoms with E-state index in [4.69, 9.17) is 17.3 Å². The number of halogens is 2. The molecule has 0 radical (unpaired) electrons. The van der Waals surface area contributed by atoms with Crippen molar-refractivity contribution in [1.82, 2.24) is 24.6 Å². The number of piperidine rings is 1. The molecule has 3 heterocycles. The number of nitrogens with one attached hydrogen (secondary N) is 1. The van der Waals surface area contributed by atoms with Crippen molar-refractivity contribution in [3.05, 3.63) is 59.4 Å². The minimum atomic E-state index is -0.379. The Hall–Kier alpha value is -3.23. The fraction of sp³-hybridized carbons (Fsp3) is 0.292. The molecule has 2 aromatic heterocycles. The van der Waals surface area contributed by atoms with Crippen LogP contribution in [0.4, 0.5) is 16.2 Å². The SMILES string of the molecule is Nc1c2c(-c3ccccc3F)nc(NCCN3CCCCC3)nc2nn1-c1ccc(Cl)cc1. The Bertz CT molecular complexity index is 1270. The van der Waals surface area contributed by atoms with E-state index in [2.05, 4.69) is 25.3 Å². The van der Waals surface area contributed by atoms with Crippen LogP contribution in [0.15, 0.2) is 48.5 Å². The van der Waals surface area contributed by atoms with E-state index < -0.39 is 0 Å². The summed E-state index contributed by atoms with van der Waals surface area (Å²) < 4.78 is 16.3. The highest BCUT2D eigenvalue weighted by Gasteiger charge is 2.21. The van der Waals surface area contributed by atoms with Crippen LogP contribution < -0.4 is 11.1 Å². The smallest absolute Gasteiger partial charge is 0.225 e. The lowest BCUT2D eigenvalue weighted by Crippen LogP contribution is -2.33. The zero-order valence-corrected chi connectivity index (χ0v) is 18.9. The number of rotatable bonds is 6. The van der Waals surface area contributed by atoms with Crippen LogP contribution in [0.5, 0.6) is 0 Å². The molecule has 9 heteroatoms. The molecule has 7 nitrogen and oxygen atoms in total. The third-order valence-corrected chi connectivity index (χ3v) is 6.18. The maximum absolute atomic E-state index is 14.8. The van der Waals surface area contributed by atoms with Gasteiger partial charge in [0, 0.05) is 23.7 Å². The largest absolute Gasteiger partial charge is 0.383 e. The van der Waals surface area contributed by atoms with E-state index in [1.807, 2.05) is 12.1 Å². The van der Waals surface area contributed by atoms with Gasteiger partial charge in [-0.15, -0.1) is 5.10 Å². The van der Waals surface area contributed by atoms with Crippen molar-refractivity contribution in [3.8, 4) is 16.9 Å². The second-order valence-corrected chi connectivity index (χ2v) is 8.61. The van der Waals surface area contributed by atoms with Crippen LogP contribution >= 0.6 is 11.6 Å². The van der Waals surface area contributed by atoms with Gasteiger partial charge in [-0.3, -0.25) is 0 Å². The van der Waals surface area contributed by atoms with Crippen molar-refractivity contribution in [2.24, 2.45) is 0 Å². The molecule has 33 heavy (non-hydrogen) atoms. The molecule has 3 N–H and O–H groups in total. The summed E-state index contributed by atoms with van der Waals surface area (Å²) in [4.78, 5) is 11.7. The zero-order chi connectivity index (χ0) is 22.8. The van der Waals surface area contributed by atoms with Crippen molar-refractivity contribution in [1.29, 1.82) is 0 Å². The molecule has 0 aliphatic carbocycles. The predicted octanol–water partition coefficient (Wildman–Crippen LogP) is 4.76. The second-order valence-electron chi connectivity index (χ2n) is 8.18. The Morgan fingerprint density at radius 2 is 1.76 bits per heavy atom. The molecule has 0 amide bonds. The van der Waals surface area contributed by atoms with Crippen molar-refractivity contribution in [3.63, 3.8) is 0 Å². The van der Waals surface area contributed by atoms with Gasteiger partial charge in [0.15, 0.2) is 5.65 Å². The summed E-state index contributed by atoms with van der Waals surface area (Å²) in [5, 5.41) is 9.03. The highest BCUT2D eigenvalue weighted by molar-refractivity contribution is 6.30. The summed E-state index contributed by atoms with van der Waals surface area (Å²) >= 11 is 6.03. The number of hydrogen-bond acceptors (Lipinski definition) is 6. The van der Waals surface area contributed by atoms with Crippen LogP contribution in [0.2, 0.25) is 5.02 Å². The molecule has 0 saturated carbocycles. The molecule has 2 aromatic carbocycles. The zero-order valence-electron chi connectivity index (χ0n) is 18.1. The summed E-state index contributed by atoms with van der Waals surface area (Å²) in [6.45, 7) is 3.82. The van der Waals surface area contributed by atoms with Crippen LogP contribution in [0.3, 0.4) is 0 Å². The Balaban J connectivity index is 1.55. The van der Waals surface area contributed by atoms with Crippen LogP contribution in [0.1, 0.15) is 19.3 Å². The highest BCUT2D eigenvalue weighted by Crippen LogP contribution is 2.34. The normalized spacial score (nSPS) is 14.6. The second kappa shape index (κ2) is 9.33. The average Bonchev–Trinajstić information content (AvgIpc) is 3.16. The highest BCUT2D eigenvalue weighted by atomic mass is 35.5. The summed E-state index contributed by atoms with van der Waals surface area (Å²) in [6, 6.07) is 13.7. The predicted molar refractivity (Wildman–Crippen MR) is 130 cm³/mol. The number of nitrogens with zero attached hydrogens (tertiary/aromatic N) is 5. The topological polar surface area (TPSA) is 84.9 Å². The third kappa shape index (κ3) is 4.49. The molecule has 0 spiro atoms. The summed E-state index contributed by atoms with van der Waals surface area (Å²) in [5.74, 6) is 0.361. The number of nitrogen functional groups attached to an aromatic ring is 1. The number of aromatic nitrogens is 4. The van der Waals surface area contributed by atoms with E-state index in [1.54, 1.807) is 35.0 Å². The van der Waals surface area contributed by atoms with Crippen LogP contribution in [0.25, 0.3) is 28.0 Å². The average molecular weight is 466 g/mol. The maximum atomic E-state index is 14.8. The fourth-order valence-electron chi connectivity index (χ4n) is 4.23. The number of anilines is 2. The number of fused-ring (bicyclic) bond motifs is 1. The minimum absolute atomic E-state index is 0.338. The van der Waals surface area contributed by atoms with Crippen molar-refractivity contribution < 1.29 is 4.39 Å². The van der Waals surface area contributed by atoms with E-state index in [0.717, 1.165) is 25.3 Å². The lowest BCUT2D eigenvalue weighted by atomic mass is 10.1. The quantitative estimate of drug-likeness (QED) is 0.427. The van der Waals surface area contributed by atoms with E-state index in [0.29, 0.717) is 45.6 Å². The van der Waals surface area contributed by atoms with E-state index in [1.165, 1.54) is 25.3 Å². The molecule has 0 atom stereocenters. The van der Waals surface area contributed by atoms with E-state index in [9.17, 15) is 4.39 Å². The molecule has 1 saturated heterocycles. The first-order valence-electron chi connectivity index (χ1n) is 11.1. The third-order valence-electron chi connectivity index (χ3n) is 5.93. The minimum Gasteiger partial charge on any atom is -0.383 e. The fourth-order valence-corrected chi connectivity index (χ4v) is 4.35. The van der Waals surface area contributed by atoms with Crippen molar-refractivity contribution >= 4 is 34.4 Å². The molecule has 0 unspecified atom stereocenters. The summed E-state index contributed by atoms with van der Waals surface area (Å²) in [7, 11) is 0. The standard InChI is InChI=1S/C24H25ClFN7/c25-16-8-10-17(11-9-16)33-22(27)20-21(18-6-2-3-7-19(18)26)29-24(30-23(20)31-33)28-12-15-32-13-4-1-5-14-32/h2-3,6-11H,1,4-5,12-15,27H2,(H,28,30,31). The lowest BCUT2D eigenvalue weighted by molar-refractivity contribution is 0.237. The Morgan fingerprint density at radius 3 is 2.52 bits per heavy atom. The molecule has 4 aromatic rings. The molecule has 1 aliphatic rings. The van der Waals surface area contributed by atoms with Crippen LogP contribution in [-0.4, -0.2) is 50.8 Å². The van der Waals surface area contributed by atoms with Crippen LogP contribution in [-0.2, 0) is 0 Å². The molecule has 170 valence electrons. The number of likely N-dealkylation sites (tertiary alicyclic amines) is 1. The summed E-state index contributed by atoms with van der Waals surface area (Å²) in [5.41, 5.74) is 8.38. The van der Waals surface area contributed by atoms with Gasteiger partial charge in [-0.2, -0.15) is 4.98 Å².